The number of thiocarbonyl (C=S) groups is 1. The molecule has 1 aliphatic heterocycles. The predicted octanol–water partition coefficient (Wildman–Crippen LogP) is 2.58. The lowest BCUT2D eigenvalue weighted by Gasteiger charge is -2.30. The van der Waals surface area contributed by atoms with Crippen molar-refractivity contribution in [3.8, 4) is 0 Å². The fourth-order valence-electron chi connectivity index (χ4n) is 3.15. The molecule has 1 aliphatic carbocycles. The number of aromatic nitrogens is 1. The third kappa shape index (κ3) is 2.59. The van der Waals surface area contributed by atoms with Crippen LogP contribution in [-0.4, -0.2) is 23.1 Å². The molecule has 0 radical (unpaired) electrons. The lowest BCUT2D eigenvalue weighted by atomic mass is 9.94. The Bertz CT molecular complexity index is 492. The van der Waals surface area contributed by atoms with Crippen LogP contribution in [0.25, 0.3) is 0 Å². The maximum absolute atomic E-state index is 5.92. The average Bonchev–Trinajstić information content (AvgIpc) is 2.46. The van der Waals surface area contributed by atoms with Crippen LogP contribution in [0.5, 0.6) is 0 Å². The highest BCUT2D eigenvalue weighted by molar-refractivity contribution is 7.80. The van der Waals surface area contributed by atoms with Crippen LogP contribution in [0.1, 0.15) is 48.9 Å². The van der Waals surface area contributed by atoms with Crippen LogP contribution in [0.2, 0.25) is 0 Å². The van der Waals surface area contributed by atoms with Crippen LogP contribution in [0.3, 0.4) is 0 Å². The minimum Gasteiger partial charge on any atom is -0.389 e. The molecule has 0 spiro atoms. The van der Waals surface area contributed by atoms with Gasteiger partial charge in [0.2, 0.25) is 0 Å². The minimum atomic E-state index is 0.487. The van der Waals surface area contributed by atoms with E-state index in [9.17, 15) is 0 Å². The molecule has 0 bridgehead atoms. The van der Waals surface area contributed by atoms with Gasteiger partial charge < -0.3 is 10.6 Å². The van der Waals surface area contributed by atoms with Gasteiger partial charge in [-0.15, -0.1) is 0 Å². The van der Waals surface area contributed by atoms with Crippen LogP contribution in [0.15, 0.2) is 6.07 Å². The van der Waals surface area contributed by atoms with Crippen molar-refractivity contribution >= 4 is 23.0 Å². The zero-order valence-corrected chi connectivity index (χ0v) is 12.1. The highest BCUT2D eigenvalue weighted by Gasteiger charge is 2.21. The van der Waals surface area contributed by atoms with Crippen molar-refractivity contribution in [1.29, 1.82) is 0 Å². The summed E-state index contributed by atoms with van der Waals surface area (Å²) >= 11 is 5.24. The van der Waals surface area contributed by atoms with E-state index in [4.69, 9.17) is 22.9 Å². The Morgan fingerprint density at radius 2 is 1.84 bits per heavy atom. The SMILES string of the molecule is NC(=S)c1cc2c(nc1N1CCCCC1)CCCC2. The largest absolute Gasteiger partial charge is 0.389 e. The van der Waals surface area contributed by atoms with Crippen LogP contribution < -0.4 is 10.6 Å². The Morgan fingerprint density at radius 1 is 1.11 bits per heavy atom. The summed E-state index contributed by atoms with van der Waals surface area (Å²) in [6, 6.07) is 2.20. The molecule has 1 fully saturated rings. The van der Waals surface area contributed by atoms with Gasteiger partial charge in [0, 0.05) is 18.8 Å². The van der Waals surface area contributed by atoms with Gasteiger partial charge in [0.25, 0.3) is 0 Å². The van der Waals surface area contributed by atoms with Crippen LogP contribution in [0.4, 0.5) is 5.82 Å². The zero-order chi connectivity index (χ0) is 13.2. The number of hydrogen-bond acceptors (Lipinski definition) is 3. The Morgan fingerprint density at radius 3 is 2.58 bits per heavy atom. The summed E-state index contributed by atoms with van der Waals surface area (Å²) in [5.41, 5.74) is 9.53. The van der Waals surface area contributed by atoms with E-state index in [2.05, 4.69) is 11.0 Å². The molecule has 3 rings (SSSR count). The monoisotopic (exact) mass is 275 g/mol. The Kier molecular flexibility index (Phi) is 3.69. The molecule has 0 saturated carbocycles. The molecule has 1 aromatic heterocycles. The summed E-state index contributed by atoms with van der Waals surface area (Å²) in [6.45, 7) is 2.17. The molecule has 2 heterocycles. The van der Waals surface area contributed by atoms with E-state index < -0.39 is 0 Å². The first-order valence-electron chi connectivity index (χ1n) is 7.33. The molecule has 0 atom stereocenters. The van der Waals surface area contributed by atoms with E-state index in [0.717, 1.165) is 37.3 Å². The molecule has 0 unspecified atom stereocenters. The molecular weight excluding hydrogens is 254 g/mol. The maximum atomic E-state index is 5.92. The molecule has 102 valence electrons. The highest BCUT2D eigenvalue weighted by atomic mass is 32.1. The number of piperidine rings is 1. The van der Waals surface area contributed by atoms with Crippen molar-refractivity contribution in [2.24, 2.45) is 5.73 Å². The fraction of sp³-hybridized carbons (Fsp3) is 0.600. The summed E-state index contributed by atoms with van der Waals surface area (Å²) < 4.78 is 0. The number of rotatable bonds is 2. The van der Waals surface area contributed by atoms with E-state index in [-0.39, 0.29) is 0 Å². The maximum Gasteiger partial charge on any atom is 0.139 e. The number of nitrogens with two attached hydrogens (primary N) is 1. The summed E-state index contributed by atoms with van der Waals surface area (Å²) in [6.07, 6.45) is 8.56. The van der Waals surface area contributed by atoms with Gasteiger partial charge in [-0.3, -0.25) is 0 Å². The molecular formula is C15H21N3S. The van der Waals surface area contributed by atoms with Gasteiger partial charge in [0.05, 0.1) is 5.56 Å². The summed E-state index contributed by atoms with van der Waals surface area (Å²) in [5.74, 6) is 1.04. The molecule has 0 amide bonds. The van der Waals surface area contributed by atoms with E-state index in [1.807, 2.05) is 0 Å². The van der Waals surface area contributed by atoms with E-state index in [1.54, 1.807) is 0 Å². The molecule has 3 nitrogen and oxygen atoms in total. The number of anilines is 1. The van der Waals surface area contributed by atoms with Crippen molar-refractivity contribution in [2.75, 3.05) is 18.0 Å². The smallest absolute Gasteiger partial charge is 0.139 e. The number of pyridine rings is 1. The van der Waals surface area contributed by atoms with Gasteiger partial charge in [-0.2, -0.15) is 0 Å². The second-order valence-corrected chi connectivity index (χ2v) is 6.02. The standard InChI is InChI=1S/C15H21N3S/c16-14(19)12-10-11-6-2-3-7-13(11)17-15(12)18-8-4-1-5-9-18/h10H,1-9H2,(H2,16,19). The second-order valence-electron chi connectivity index (χ2n) is 5.58. The summed E-state index contributed by atoms with van der Waals surface area (Å²) in [7, 11) is 0. The number of aryl methyl sites for hydroxylation is 2. The van der Waals surface area contributed by atoms with E-state index in [0.29, 0.717) is 4.99 Å². The van der Waals surface area contributed by atoms with Crippen molar-refractivity contribution in [1.82, 2.24) is 4.98 Å². The molecule has 1 aromatic rings. The Labute approximate surface area is 120 Å². The van der Waals surface area contributed by atoms with Crippen molar-refractivity contribution in [3.05, 3.63) is 22.9 Å². The summed E-state index contributed by atoms with van der Waals surface area (Å²) in [4.78, 5) is 7.77. The van der Waals surface area contributed by atoms with Gasteiger partial charge in [-0.1, -0.05) is 12.2 Å². The molecule has 4 heteroatoms. The average molecular weight is 275 g/mol. The van der Waals surface area contributed by atoms with E-state index in [1.165, 1.54) is 43.4 Å². The van der Waals surface area contributed by atoms with Crippen LogP contribution >= 0.6 is 12.2 Å². The molecule has 1 saturated heterocycles. The first kappa shape index (κ1) is 12.9. The lowest BCUT2D eigenvalue weighted by molar-refractivity contribution is 0.570. The molecule has 2 aliphatic rings. The second kappa shape index (κ2) is 5.45. The third-order valence-corrected chi connectivity index (χ3v) is 4.42. The number of fused-ring (bicyclic) bond motifs is 1. The highest BCUT2D eigenvalue weighted by Crippen LogP contribution is 2.28. The quantitative estimate of drug-likeness (QED) is 0.842. The van der Waals surface area contributed by atoms with E-state index >= 15 is 0 Å². The fourth-order valence-corrected chi connectivity index (χ4v) is 3.30. The lowest BCUT2D eigenvalue weighted by Crippen LogP contribution is -2.33. The predicted molar refractivity (Wildman–Crippen MR) is 82.8 cm³/mol. The first-order valence-corrected chi connectivity index (χ1v) is 7.74. The van der Waals surface area contributed by atoms with Gasteiger partial charge >= 0.3 is 0 Å². The van der Waals surface area contributed by atoms with Gasteiger partial charge in [0.1, 0.15) is 10.8 Å². The van der Waals surface area contributed by atoms with Crippen LogP contribution in [-0.2, 0) is 12.8 Å². The third-order valence-electron chi connectivity index (χ3n) is 4.20. The van der Waals surface area contributed by atoms with Gasteiger partial charge in [-0.05, 0) is 56.6 Å². The summed E-state index contributed by atoms with van der Waals surface area (Å²) in [5, 5.41) is 0. The van der Waals surface area contributed by atoms with Crippen LogP contribution in [0, 0.1) is 0 Å². The van der Waals surface area contributed by atoms with Gasteiger partial charge in [-0.25, -0.2) is 4.98 Å². The van der Waals surface area contributed by atoms with Crippen molar-refractivity contribution < 1.29 is 0 Å². The Balaban J connectivity index is 2.02. The van der Waals surface area contributed by atoms with Crippen molar-refractivity contribution in [3.63, 3.8) is 0 Å². The topological polar surface area (TPSA) is 42.1 Å². The minimum absolute atomic E-state index is 0.487. The van der Waals surface area contributed by atoms with Gasteiger partial charge in [0.15, 0.2) is 0 Å². The zero-order valence-electron chi connectivity index (χ0n) is 11.3. The molecule has 19 heavy (non-hydrogen) atoms. The molecule has 0 aromatic carbocycles. The van der Waals surface area contributed by atoms with Crippen molar-refractivity contribution in [2.45, 2.75) is 44.9 Å². The molecule has 2 N–H and O–H groups in total. The number of hydrogen-bond donors (Lipinski definition) is 1. The Hall–Kier alpha value is -1.16. The normalized spacial score (nSPS) is 19.1. The number of nitrogens with zero attached hydrogens (tertiary/aromatic N) is 2. The first-order chi connectivity index (χ1) is 9.25.